The summed E-state index contributed by atoms with van der Waals surface area (Å²) in [5.74, 6) is 1.50. The largest absolute Gasteiger partial charge is 0.469 e. The molecule has 0 heterocycles. The fourth-order valence-electron chi connectivity index (χ4n) is 2.28. The van der Waals surface area contributed by atoms with Crippen LogP contribution in [0.4, 0.5) is 0 Å². The lowest BCUT2D eigenvalue weighted by molar-refractivity contribution is -0.140. The average Bonchev–Trinajstić information content (AvgIpc) is 2.55. The van der Waals surface area contributed by atoms with Crippen molar-refractivity contribution >= 4 is 5.97 Å². The van der Waals surface area contributed by atoms with Gasteiger partial charge in [0.1, 0.15) is 0 Å². The highest BCUT2D eigenvalue weighted by Crippen LogP contribution is 2.30. The van der Waals surface area contributed by atoms with Gasteiger partial charge in [0.15, 0.2) is 0 Å². The van der Waals surface area contributed by atoms with Gasteiger partial charge in [-0.25, -0.2) is 0 Å². The number of hydrogen-bond acceptors (Lipinski definition) is 3. The maximum Gasteiger partial charge on any atom is 0.305 e. The third kappa shape index (κ3) is 3.82. The van der Waals surface area contributed by atoms with Gasteiger partial charge in [0, 0.05) is 12.5 Å². The summed E-state index contributed by atoms with van der Waals surface area (Å²) in [4.78, 5) is 10.9. The Morgan fingerprint density at radius 2 is 2.13 bits per heavy atom. The van der Waals surface area contributed by atoms with Crippen LogP contribution in [0.1, 0.15) is 39.5 Å². The van der Waals surface area contributed by atoms with Gasteiger partial charge in [-0.3, -0.25) is 4.79 Å². The van der Waals surface area contributed by atoms with E-state index in [-0.39, 0.29) is 5.97 Å². The lowest BCUT2D eigenvalue weighted by atomic mass is 9.98. The van der Waals surface area contributed by atoms with Gasteiger partial charge >= 0.3 is 5.97 Å². The predicted octanol–water partition coefficient (Wildman–Crippen LogP) is 1.96. The molecule has 1 fully saturated rings. The van der Waals surface area contributed by atoms with Crippen molar-refractivity contribution in [2.24, 2.45) is 11.8 Å². The van der Waals surface area contributed by atoms with Crippen molar-refractivity contribution in [3.05, 3.63) is 0 Å². The van der Waals surface area contributed by atoms with Gasteiger partial charge in [-0.2, -0.15) is 0 Å². The quantitative estimate of drug-likeness (QED) is 0.560. The minimum Gasteiger partial charge on any atom is -0.469 e. The van der Waals surface area contributed by atoms with Gasteiger partial charge in [0.2, 0.25) is 0 Å². The Morgan fingerprint density at radius 1 is 1.40 bits per heavy atom. The number of hydrogen-bond donors (Lipinski definition) is 1. The van der Waals surface area contributed by atoms with E-state index in [1.807, 2.05) is 0 Å². The van der Waals surface area contributed by atoms with Gasteiger partial charge in [-0.05, 0) is 37.6 Å². The molecule has 0 saturated heterocycles. The molecule has 1 aliphatic rings. The van der Waals surface area contributed by atoms with Crippen LogP contribution in [0, 0.1) is 11.8 Å². The molecule has 0 bridgehead atoms. The van der Waals surface area contributed by atoms with Crippen LogP contribution in [0.25, 0.3) is 0 Å². The predicted molar refractivity (Wildman–Crippen MR) is 60.6 cm³/mol. The molecule has 3 unspecified atom stereocenters. The monoisotopic (exact) mass is 213 g/mol. The average molecular weight is 213 g/mol. The second-order valence-electron chi connectivity index (χ2n) is 4.65. The Morgan fingerprint density at radius 3 is 2.67 bits per heavy atom. The van der Waals surface area contributed by atoms with E-state index in [1.165, 1.54) is 20.0 Å². The van der Waals surface area contributed by atoms with Crippen molar-refractivity contribution in [2.75, 3.05) is 13.7 Å². The molecule has 1 saturated carbocycles. The van der Waals surface area contributed by atoms with E-state index in [2.05, 4.69) is 23.9 Å². The summed E-state index contributed by atoms with van der Waals surface area (Å²) in [5, 5.41) is 3.53. The number of ether oxygens (including phenoxy) is 1. The van der Waals surface area contributed by atoms with Gasteiger partial charge in [-0.15, -0.1) is 0 Å². The Bertz CT molecular complexity index is 206. The SMILES string of the molecule is COC(=O)CCCNC1CCC(C)C1C. The first-order valence-electron chi connectivity index (χ1n) is 5.95. The Labute approximate surface area is 92.6 Å². The fourth-order valence-corrected chi connectivity index (χ4v) is 2.28. The topological polar surface area (TPSA) is 38.3 Å². The van der Waals surface area contributed by atoms with Crippen molar-refractivity contribution in [2.45, 2.75) is 45.6 Å². The van der Waals surface area contributed by atoms with Crippen LogP contribution in [0.3, 0.4) is 0 Å². The van der Waals surface area contributed by atoms with E-state index in [4.69, 9.17) is 0 Å². The van der Waals surface area contributed by atoms with Crippen LogP contribution in [0.2, 0.25) is 0 Å². The van der Waals surface area contributed by atoms with Crippen molar-refractivity contribution in [1.29, 1.82) is 0 Å². The van der Waals surface area contributed by atoms with E-state index in [1.54, 1.807) is 0 Å². The zero-order chi connectivity index (χ0) is 11.3. The second-order valence-corrected chi connectivity index (χ2v) is 4.65. The molecule has 1 rings (SSSR count). The first kappa shape index (κ1) is 12.5. The number of nitrogens with one attached hydrogen (secondary N) is 1. The van der Waals surface area contributed by atoms with Crippen LogP contribution in [0.5, 0.6) is 0 Å². The summed E-state index contributed by atoms with van der Waals surface area (Å²) in [7, 11) is 1.44. The molecule has 0 aromatic rings. The number of rotatable bonds is 5. The fraction of sp³-hybridized carbons (Fsp3) is 0.917. The van der Waals surface area contributed by atoms with Crippen LogP contribution in [-0.4, -0.2) is 25.7 Å². The van der Waals surface area contributed by atoms with Crippen LogP contribution >= 0.6 is 0 Å². The summed E-state index contributed by atoms with van der Waals surface area (Å²) in [6.45, 7) is 5.56. The molecule has 0 radical (unpaired) electrons. The van der Waals surface area contributed by atoms with Crippen molar-refractivity contribution in [3.63, 3.8) is 0 Å². The molecule has 3 atom stereocenters. The van der Waals surface area contributed by atoms with Gasteiger partial charge in [0.25, 0.3) is 0 Å². The number of esters is 1. The Kier molecular flexibility index (Phi) is 5.09. The lowest BCUT2D eigenvalue weighted by Gasteiger charge is -2.19. The van der Waals surface area contributed by atoms with Gasteiger partial charge in [-0.1, -0.05) is 13.8 Å². The van der Waals surface area contributed by atoms with Gasteiger partial charge < -0.3 is 10.1 Å². The molecule has 15 heavy (non-hydrogen) atoms. The highest BCUT2D eigenvalue weighted by Gasteiger charge is 2.28. The number of methoxy groups -OCH3 is 1. The maximum absolute atomic E-state index is 10.9. The Balaban J connectivity index is 2.08. The number of carbonyl (C=O) groups is 1. The minimum atomic E-state index is -0.107. The van der Waals surface area contributed by atoms with E-state index in [0.717, 1.165) is 24.8 Å². The van der Waals surface area contributed by atoms with E-state index >= 15 is 0 Å². The molecule has 0 aromatic carbocycles. The normalized spacial score (nSPS) is 30.5. The molecular weight excluding hydrogens is 190 g/mol. The smallest absolute Gasteiger partial charge is 0.305 e. The first-order valence-corrected chi connectivity index (χ1v) is 5.95. The first-order chi connectivity index (χ1) is 7.15. The van der Waals surface area contributed by atoms with E-state index in [9.17, 15) is 4.79 Å². The highest BCUT2D eigenvalue weighted by molar-refractivity contribution is 5.69. The molecule has 1 aliphatic carbocycles. The van der Waals surface area contributed by atoms with Crippen molar-refractivity contribution < 1.29 is 9.53 Å². The lowest BCUT2D eigenvalue weighted by Crippen LogP contribution is -2.33. The summed E-state index contributed by atoms with van der Waals surface area (Å²) in [6.07, 6.45) is 4.01. The van der Waals surface area contributed by atoms with E-state index in [0.29, 0.717) is 12.5 Å². The summed E-state index contributed by atoms with van der Waals surface area (Å²) in [5.41, 5.74) is 0. The molecular formula is C12H23NO2. The molecule has 3 heteroatoms. The summed E-state index contributed by atoms with van der Waals surface area (Å²) < 4.78 is 4.59. The third-order valence-electron chi connectivity index (χ3n) is 3.66. The van der Waals surface area contributed by atoms with E-state index < -0.39 is 0 Å². The summed E-state index contributed by atoms with van der Waals surface area (Å²) >= 11 is 0. The third-order valence-corrected chi connectivity index (χ3v) is 3.66. The maximum atomic E-state index is 10.9. The molecule has 3 nitrogen and oxygen atoms in total. The van der Waals surface area contributed by atoms with Crippen LogP contribution < -0.4 is 5.32 Å². The summed E-state index contributed by atoms with van der Waals surface area (Å²) in [6, 6.07) is 0.651. The molecule has 0 amide bonds. The van der Waals surface area contributed by atoms with Gasteiger partial charge in [0.05, 0.1) is 7.11 Å². The Hall–Kier alpha value is -0.570. The standard InChI is InChI=1S/C12H23NO2/c1-9-6-7-11(10(9)2)13-8-4-5-12(14)15-3/h9-11,13H,4-8H2,1-3H3. The molecule has 0 spiro atoms. The molecule has 88 valence electrons. The molecule has 0 aliphatic heterocycles. The van der Waals surface area contributed by atoms with Crippen LogP contribution in [0.15, 0.2) is 0 Å². The highest BCUT2D eigenvalue weighted by atomic mass is 16.5. The van der Waals surface area contributed by atoms with Crippen molar-refractivity contribution in [3.8, 4) is 0 Å². The molecule has 1 N–H and O–H groups in total. The second kappa shape index (κ2) is 6.11. The van der Waals surface area contributed by atoms with Crippen molar-refractivity contribution in [1.82, 2.24) is 5.32 Å². The van der Waals surface area contributed by atoms with Crippen LogP contribution in [-0.2, 0) is 9.53 Å². The zero-order valence-corrected chi connectivity index (χ0v) is 10.1. The minimum absolute atomic E-state index is 0.107. The number of carbonyl (C=O) groups excluding carboxylic acids is 1. The molecule has 0 aromatic heterocycles. The zero-order valence-electron chi connectivity index (χ0n) is 10.1.